The van der Waals surface area contributed by atoms with Gasteiger partial charge in [0, 0.05) is 54.5 Å². The van der Waals surface area contributed by atoms with Crippen molar-refractivity contribution in [1.82, 2.24) is 18.9 Å². The fourth-order valence-electron chi connectivity index (χ4n) is 3.79. The van der Waals surface area contributed by atoms with Crippen molar-refractivity contribution < 1.29 is 22.8 Å². The minimum Gasteiger partial charge on any atom is -0.335 e. The van der Waals surface area contributed by atoms with E-state index < -0.39 is 18.2 Å². The summed E-state index contributed by atoms with van der Waals surface area (Å²) in [5.74, 6) is -0.248. The van der Waals surface area contributed by atoms with E-state index in [1.165, 1.54) is 26.3 Å². The molecule has 0 spiro atoms. The number of hydrogen-bond acceptors (Lipinski definition) is 4. The Kier molecular flexibility index (Phi) is 6.29. The highest BCUT2D eigenvalue weighted by Gasteiger charge is 2.27. The second-order valence-corrected chi connectivity index (χ2v) is 8.39. The molecule has 0 unspecified atom stereocenters. The number of likely N-dealkylation sites (tertiary alicyclic amines) is 1. The van der Waals surface area contributed by atoms with Crippen LogP contribution in [0.2, 0.25) is 5.02 Å². The number of nitrogens with zero attached hydrogens (tertiary/aromatic N) is 4. The van der Waals surface area contributed by atoms with E-state index >= 15 is 0 Å². The van der Waals surface area contributed by atoms with Crippen LogP contribution >= 0.6 is 11.6 Å². The molecule has 0 atom stereocenters. The number of aromatic nitrogens is 3. The van der Waals surface area contributed by atoms with Gasteiger partial charge in [0.15, 0.2) is 5.78 Å². The molecule has 3 aromatic rings. The standard InChI is InChI=1S/C22H20ClF3N4O3/c23-16-4-2-14(3-5-16)18-13-30-20(33)15(10-19(32)28-9-6-17(31)12-28)11-29(21(30)27-18)8-1-7-22(24,25)26/h2-5,11,13H,1,6-10,12H2. The van der Waals surface area contributed by atoms with Gasteiger partial charge in [-0.25, -0.2) is 4.98 Å². The molecule has 1 aromatic carbocycles. The van der Waals surface area contributed by atoms with Gasteiger partial charge in [-0.05, 0) is 18.6 Å². The number of carbonyl (C=O) groups excluding carboxylic acids is 2. The van der Waals surface area contributed by atoms with Gasteiger partial charge in [-0.2, -0.15) is 13.2 Å². The number of alkyl halides is 3. The van der Waals surface area contributed by atoms with Crippen LogP contribution < -0.4 is 5.56 Å². The highest BCUT2D eigenvalue weighted by molar-refractivity contribution is 6.30. The van der Waals surface area contributed by atoms with Crippen molar-refractivity contribution in [3.05, 3.63) is 57.6 Å². The van der Waals surface area contributed by atoms with Gasteiger partial charge >= 0.3 is 6.18 Å². The lowest BCUT2D eigenvalue weighted by Crippen LogP contribution is -2.33. The number of benzene rings is 1. The van der Waals surface area contributed by atoms with Crippen LogP contribution in [-0.2, 0) is 22.6 Å². The summed E-state index contributed by atoms with van der Waals surface area (Å²) in [5.41, 5.74) is 0.766. The van der Waals surface area contributed by atoms with Crippen molar-refractivity contribution in [3.63, 3.8) is 0 Å². The zero-order valence-corrected chi connectivity index (χ0v) is 18.2. The van der Waals surface area contributed by atoms with Crippen LogP contribution in [-0.4, -0.2) is 49.8 Å². The summed E-state index contributed by atoms with van der Waals surface area (Å²) in [4.78, 5) is 43.0. The molecule has 0 saturated carbocycles. The molecule has 4 rings (SSSR count). The lowest BCUT2D eigenvalue weighted by Gasteiger charge is -2.15. The third-order valence-electron chi connectivity index (χ3n) is 5.47. The number of amides is 1. The van der Waals surface area contributed by atoms with Crippen LogP contribution in [0.4, 0.5) is 13.2 Å². The fraction of sp³-hybridized carbons (Fsp3) is 0.364. The van der Waals surface area contributed by atoms with E-state index in [0.29, 0.717) is 22.8 Å². The van der Waals surface area contributed by atoms with Gasteiger partial charge in [-0.15, -0.1) is 0 Å². The summed E-state index contributed by atoms with van der Waals surface area (Å²) in [6.07, 6.45) is -2.59. The number of imidazole rings is 1. The first kappa shape index (κ1) is 23.0. The molecule has 1 aliphatic rings. The topological polar surface area (TPSA) is 76.7 Å². The zero-order valence-electron chi connectivity index (χ0n) is 17.4. The van der Waals surface area contributed by atoms with E-state index in [0.717, 1.165) is 0 Å². The highest BCUT2D eigenvalue weighted by atomic mass is 35.5. The molecule has 1 aliphatic heterocycles. The smallest absolute Gasteiger partial charge is 0.335 e. The van der Waals surface area contributed by atoms with Crippen LogP contribution in [0.5, 0.6) is 0 Å². The average Bonchev–Trinajstić information content (AvgIpc) is 3.38. The van der Waals surface area contributed by atoms with E-state index in [-0.39, 0.29) is 55.4 Å². The quantitative estimate of drug-likeness (QED) is 0.541. The number of halogens is 4. The van der Waals surface area contributed by atoms with Crippen molar-refractivity contribution in [2.45, 2.75) is 38.4 Å². The first-order valence-electron chi connectivity index (χ1n) is 10.3. The van der Waals surface area contributed by atoms with Crippen LogP contribution in [0.25, 0.3) is 17.0 Å². The Balaban J connectivity index is 1.71. The van der Waals surface area contributed by atoms with E-state index in [9.17, 15) is 27.6 Å². The molecule has 2 aromatic heterocycles. The van der Waals surface area contributed by atoms with Crippen LogP contribution in [0.1, 0.15) is 24.8 Å². The normalized spacial score (nSPS) is 14.4. The lowest BCUT2D eigenvalue weighted by atomic mass is 10.2. The number of rotatable bonds is 6. The molecule has 3 heterocycles. The fourth-order valence-corrected chi connectivity index (χ4v) is 3.92. The Morgan fingerprint density at radius 3 is 2.48 bits per heavy atom. The number of Topliss-reactive ketones (excluding diaryl/α,β-unsaturated/α-hetero) is 1. The zero-order chi connectivity index (χ0) is 23.8. The molecule has 11 heteroatoms. The van der Waals surface area contributed by atoms with E-state index in [4.69, 9.17) is 11.6 Å². The van der Waals surface area contributed by atoms with Crippen molar-refractivity contribution in [1.29, 1.82) is 0 Å². The molecule has 7 nitrogen and oxygen atoms in total. The summed E-state index contributed by atoms with van der Waals surface area (Å²) in [5, 5.41) is 0.524. The van der Waals surface area contributed by atoms with Crippen LogP contribution in [0, 0.1) is 0 Å². The molecule has 0 N–H and O–H groups in total. The van der Waals surface area contributed by atoms with Gasteiger partial charge in [0.1, 0.15) is 0 Å². The molecule has 33 heavy (non-hydrogen) atoms. The number of ketones is 1. The molecule has 1 fully saturated rings. The SMILES string of the molecule is O=C1CCN(C(=O)Cc2cn(CCCC(F)(F)F)c3nc(-c4ccc(Cl)cc4)cn3c2=O)C1. The Bertz CT molecular complexity index is 1260. The van der Waals surface area contributed by atoms with E-state index in [1.54, 1.807) is 24.3 Å². The molecule has 0 radical (unpaired) electrons. The maximum Gasteiger partial charge on any atom is 0.389 e. The first-order chi connectivity index (χ1) is 15.6. The predicted octanol–water partition coefficient (Wildman–Crippen LogP) is 3.50. The highest BCUT2D eigenvalue weighted by Crippen LogP contribution is 2.24. The van der Waals surface area contributed by atoms with Crippen molar-refractivity contribution in [2.75, 3.05) is 13.1 Å². The van der Waals surface area contributed by atoms with E-state index in [2.05, 4.69) is 4.98 Å². The van der Waals surface area contributed by atoms with E-state index in [1.807, 2.05) is 0 Å². The Morgan fingerprint density at radius 1 is 1.12 bits per heavy atom. The van der Waals surface area contributed by atoms with Crippen LogP contribution in [0.15, 0.2) is 41.5 Å². The number of carbonyl (C=O) groups is 2. The largest absolute Gasteiger partial charge is 0.389 e. The molecular weight excluding hydrogens is 461 g/mol. The number of fused-ring (bicyclic) bond motifs is 1. The van der Waals surface area contributed by atoms with Gasteiger partial charge in [0.25, 0.3) is 5.56 Å². The second kappa shape index (κ2) is 9.01. The summed E-state index contributed by atoms with van der Waals surface area (Å²) >= 11 is 5.93. The second-order valence-electron chi connectivity index (χ2n) is 7.96. The van der Waals surface area contributed by atoms with Gasteiger partial charge in [-0.3, -0.25) is 18.8 Å². The predicted molar refractivity (Wildman–Crippen MR) is 115 cm³/mol. The maximum atomic E-state index is 13.1. The van der Waals surface area contributed by atoms with Crippen molar-refractivity contribution >= 4 is 29.1 Å². The monoisotopic (exact) mass is 480 g/mol. The summed E-state index contributed by atoms with van der Waals surface area (Å²) in [6, 6.07) is 6.77. The minimum absolute atomic E-state index is 0.00659. The van der Waals surface area contributed by atoms with Gasteiger partial charge in [-0.1, -0.05) is 23.7 Å². The van der Waals surface area contributed by atoms with Crippen molar-refractivity contribution in [2.24, 2.45) is 0 Å². The third-order valence-corrected chi connectivity index (χ3v) is 5.72. The molecule has 1 amide bonds. The molecule has 1 saturated heterocycles. The Hall–Kier alpha value is -3.14. The first-order valence-corrected chi connectivity index (χ1v) is 10.7. The number of hydrogen-bond donors (Lipinski definition) is 0. The maximum absolute atomic E-state index is 13.1. The van der Waals surface area contributed by atoms with Gasteiger partial charge in [0.2, 0.25) is 11.7 Å². The minimum atomic E-state index is -4.31. The summed E-state index contributed by atoms with van der Waals surface area (Å²) in [7, 11) is 0. The molecular formula is C22H20ClF3N4O3. The summed E-state index contributed by atoms with van der Waals surface area (Å²) in [6.45, 7) is 0.266. The van der Waals surface area contributed by atoms with Crippen molar-refractivity contribution in [3.8, 4) is 11.3 Å². The van der Waals surface area contributed by atoms with Gasteiger partial charge < -0.3 is 9.47 Å². The number of aryl methyl sites for hydroxylation is 1. The summed E-state index contributed by atoms with van der Waals surface area (Å²) < 4.78 is 40.8. The molecule has 0 bridgehead atoms. The molecule has 0 aliphatic carbocycles. The van der Waals surface area contributed by atoms with Crippen LogP contribution in [0.3, 0.4) is 0 Å². The van der Waals surface area contributed by atoms with Gasteiger partial charge in [0.05, 0.1) is 18.7 Å². The molecule has 174 valence electrons. The lowest BCUT2D eigenvalue weighted by molar-refractivity contribution is -0.136. The average molecular weight is 481 g/mol. The third kappa shape index (κ3) is 5.27. The Labute approximate surface area is 191 Å². The Morgan fingerprint density at radius 2 is 1.85 bits per heavy atom.